The van der Waals surface area contributed by atoms with Crippen molar-refractivity contribution in [1.29, 1.82) is 0 Å². The molecule has 21 rings (SSSR count). The van der Waals surface area contributed by atoms with Crippen molar-refractivity contribution in [3.05, 3.63) is 328 Å². The van der Waals surface area contributed by atoms with Gasteiger partial charge in [0.2, 0.25) is 0 Å². The molecular formula is C100H70N12O8. The van der Waals surface area contributed by atoms with Gasteiger partial charge in [0.05, 0.1) is 50.7 Å². The normalized spacial score (nSPS) is 11.1. The minimum absolute atomic E-state index is 0.103. The van der Waals surface area contributed by atoms with Crippen molar-refractivity contribution in [2.75, 3.05) is 28.4 Å². The lowest BCUT2D eigenvalue weighted by Crippen LogP contribution is -2.01. The topological polar surface area (TPSA) is 273 Å². The maximum atomic E-state index is 10.4. The number of rotatable bonds is 12. The van der Waals surface area contributed by atoms with Gasteiger partial charge in [0.1, 0.15) is 23.0 Å². The Labute approximate surface area is 686 Å². The van der Waals surface area contributed by atoms with E-state index < -0.39 is 0 Å². The molecule has 578 valence electrons. The average Bonchev–Trinajstić information content (AvgIpc) is 0.763. The summed E-state index contributed by atoms with van der Waals surface area (Å²) in [6.07, 6.45) is 0. The predicted molar refractivity (Wildman–Crippen MR) is 473 cm³/mol. The van der Waals surface area contributed by atoms with Gasteiger partial charge >= 0.3 is 24.0 Å². The summed E-state index contributed by atoms with van der Waals surface area (Å²) in [7, 11) is 6.08. The Kier molecular flexibility index (Phi) is 20.5. The summed E-state index contributed by atoms with van der Waals surface area (Å²) >= 11 is 0. The van der Waals surface area contributed by atoms with E-state index in [0.717, 1.165) is 86.9 Å². The minimum atomic E-state index is 0.103. The number of methoxy groups -OCH3 is 4. The summed E-state index contributed by atoms with van der Waals surface area (Å²) in [5, 5.41) is 61.3. The second-order valence-corrected chi connectivity index (χ2v) is 27.9. The molecule has 20 nitrogen and oxygen atoms in total. The van der Waals surface area contributed by atoms with Crippen LogP contribution < -0.4 is 18.9 Å². The number of aromatic hydroxyl groups is 4. The fourth-order valence-electron chi connectivity index (χ4n) is 15.0. The molecule has 120 heavy (non-hydrogen) atoms. The van der Waals surface area contributed by atoms with E-state index in [-0.39, 0.29) is 47.0 Å². The molecule has 21 aromatic rings. The highest BCUT2D eigenvalue weighted by molar-refractivity contribution is 6.21. The van der Waals surface area contributed by atoms with Crippen LogP contribution in [0.25, 0.3) is 188 Å². The molecular weight excluding hydrogens is 1500 g/mol. The van der Waals surface area contributed by atoms with Gasteiger partial charge < -0.3 is 39.4 Å². The number of phenolic OH excluding ortho intramolecular Hbond substituents is 4. The van der Waals surface area contributed by atoms with Gasteiger partial charge in [-0.1, -0.05) is 243 Å². The Morgan fingerprint density at radius 3 is 0.892 bits per heavy atom. The summed E-state index contributed by atoms with van der Waals surface area (Å²) < 4.78 is 21.4. The third-order valence-electron chi connectivity index (χ3n) is 20.7. The van der Waals surface area contributed by atoms with Crippen LogP contribution in [0.4, 0.5) is 0 Å². The van der Waals surface area contributed by atoms with Gasteiger partial charge in [-0.25, -0.2) is 19.9 Å². The highest BCUT2D eigenvalue weighted by Crippen LogP contribution is 2.42. The van der Waals surface area contributed by atoms with Gasteiger partial charge in [-0.15, -0.1) is 0 Å². The van der Waals surface area contributed by atoms with Gasteiger partial charge in [0.15, 0.2) is 46.6 Å². The monoisotopic (exact) mass is 1570 g/mol. The lowest BCUT2D eigenvalue weighted by molar-refractivity contribution is 0.379. The van der Waals surface area contributed by atoms with Gasteiger partial charge in [-0.2, -0.15) is 39.9 Å². The molecule has 20 heteroatoms. The summed E-state index contributed by atoms with van der Waals surface area (Å²) in [6.45, 7) is 0. The molecule has 0 aliphatic heterocycles. The Morgan fingerprint density at radius 2 is 0.450 bits per heavy atom. The molecule has 0 fully saturated rings. The summed E-state index contributed by atoms with van der Waals surface area (Å²) in [6, 6.07) is 108. The lowest BCUT2D eigenvalue weighted by atomic mass is 9.93. The van der Waals surface area contributed by atoms with Crippen LogP contribution >= 0.6 is 0 Å². The van der Waals surface area contributed by atoms with Crippen molar-refractivity contribution < 1.29 is 39.4 Å². The number of fused-ring (bicyclic) bond motifs is 12. The van der Waals surface area contributed by atoms with Crippen LogP contribution in [0.1, 0.15) is 0 Å². The maximum absolute atomic E-state index is 10.4. The minimum Gasteiger partial charge on any atom is -0.507 e. The number of para-hydroxylation sites is 4. The number of ether oxygens (including phenoxy) is 4. The van der Waals surface area contributed by atoms with E-state index in [2.05, 4.69) is 195 Å². The summed E-state index contributed by atoms with van der Waals surface area (Å²) in [5.74, 6) is 3.86. The summed E-state index contributed by atoms with van der Waals surface area (Å²) in [4.78, 5) is 54.2. The predicted octanol–water partition coefficient (Wildman–Crippen LogP) is 22.1. The first-order chi connectivity index (χ1) is 58.9. The number of hydrogen-bond acceptors (Lipinski definition) is 20. The van der Waals surface area contributed by atoms with Crippen molar-refractivity contribution in [2.24, 2.45) is 0 Å². The van der Waals surface area contributed by atoms with E-state index in [4.69, 9.17) is 28.9 Å². The third-order valence-corrected chi connectivity index (χ3v) is 20.7. The van der Waals surface area contributed by atoms with Crippen molar-refractivity contribution in [2.45, 2.75) is 0 Å². The lowest BCUT2D eigenvalue weighted by Gasteiger charge is -2.13. The van der Waals surface area contributed by atoms with Crippen LogP contribution in [0.2, 0.25) is 0 Å². The quantitative estimate of drug-likeness (QED) is 0.0653. The molecule has 4 heterocycles. The second kappa shape index (κ2) is 32.8. The fourth-order valence-corrected chi connectivity index (χ4v) is 15.0. The Balaban J connectivity index is 0.000000110. The van der Waals surface area contributed by atoms with E-state index in [0.29, 0.717) is 68.8 Å². The van der Waals surface area contributed by atoms with Crippen LogP contribution in [-0.2, 0) is 0 Å². The van der Waals surface area contributed by atoms with Crippen LogP contribution in [-0.4, -0.2) is 109 Å². The first-order valence-corrected chi connectivity index (χ1v) is 38.3. The maximum Gasteiger partial charge on any atom is 0.320 e. The third kappa shape index (κ3) is 14.9. The van der Waals surface area contributed by atoms with E-state index in [9.17, 15) is 20.4 Å². The molecule has 4 aromatic heterocycles. The van der Waals surface area contributed by atoms with E-state index in [1.807, 2.05) is 109 Å². The van der Waals surface area contributed by atoms with Gasteiger partial charge in [-0.05, 0) is 182 Å². The van der Waals surface area contributed by atoms with E-state index >= 15 is 0 Å². The van der Waals surface area contributed by atoms with Crippen molar-refractivity contribution in [1.82, 2.24) is 59.8 Å². The van der Waals surface area contributed by atoms with Crippen molar-refractivity contribution in [3.63, 3.8) is 0 Å². The Morgan fingerprint density at radius 1 is 0.175 bits per heavy atom. The number of aromatic nitrogens is 12. The highest BCUT2D eigenvalue weighted by atomic mass is 16.5. The molecule has 17 aromatic carbocycles. The van der Waals surface area contributed by atoms with Crippen LogP contribution in [0.15, 0.2) is 328 Å². The Hall–Kier alpha value is -16.5. The zero-order valence-corrected chi connectivity index (χ0v) is 65.0. The number of nitrogens with zero attached hydrogens (tertiary/aromatic N) is 12. The van der Waals surface area contributed by atoms with E-state index in [1.54, 1.807) is 72.8 Å². The zero-order chi connectivity index (χ0) is 81.7. The van der Waals surface area contributed by atoms with Crippen molar-refractivity contribution >= 4 is 97.0 Å². The van der Waals surface area contributed by atoms with Gasteiger partial charge in [0, 0.05) is 22.3 Å². The first-order valence-electron chi connectivity index (χ1n) is 38.3. The molecule has 0 aliphatic carbocycles. The zero-order valence-electron chi connectivity index (χ0n) is 65.0. The highest BCUT2D eigenvalue weighted by Gasteiger charge is 2.23. The standard InChI is InChI=1S/C28H19N3O2.3C24H17N3O2/c1-33-28-30-26(22-12-6-7-13-25(22)32)29-27(31-28)24-16-23-18-9-3-2-8-17(18)14-15-21(23)19-10-4-5-11-20(19)24;1-29-24-26-22(19-12-6-7-13-20(19)28)25-23(27-24)21-17-10-4-2-8-15(17)14-16-9-3-5-11-18(16)21;1-29-24-26-22(19-12-6-7-13-21(19)28)25-23(27-24)20-14-15-8-2-3-9-16(15)17-10-4-5-11-18(17)20;1-29-24-26-22(25-23(27-24)20-8-4-5-9-21(20)28)18-11-10-17-12-15-6-2-3-7-16(15)13-19(17)14-18/h2-16,32H,1H3;3*2-14,28H,1H3. The number of phenols is 4. The fraction of sp³-hybridized carbons (Fsp3) is 0.0400. The number of hydrogen-bond donors (Lipinski definition) is 4. The van der Waals surface area contributed by atoms with Gasteiger partial charge in [-0.3, -0.25) is 0 Å². The van der Waals surface area contributed by atoms with Crippen LogP contribution in [0.5, 0.6) is 47.0 Å². The molecule has 0 saturated heterocycles. The average molecular weight is 1570 g/mol. The molecule has 0 unspecified atom stereocenters. The molecule has 0 spiro atoms. The van der Waals surface area contributed by atoms with Crippen LogP contribution in [0.3, 0.4) is 0 Å². The second-order valence-electron chi connectivity index (χ2n) is 27.9. The molecule has 0 amide bonds. The molecule has 0 atom stereocenters. The molecule has 0 radical (unpaired) electrons. The largest absolute Gasteiger partial charge is 0.507 e. The van der Waals surface area contributed by atoms with Gasteiger partial charge in [0.25, 0.3) is 0 Å². The van der Waals surface area contributed by atoms with E-state index in [1.165, 1.54) is 60.8 Å². The van der Waals surface area contributed by atoms with Crippen LogP contribution in [0, 0.1) is 0 Å². The molecule has 0 saturated carbocycles. The molecule has 4 N–H and O–H groups in total. The molecule has 0 bridgehead atoms. The Bertz CT molecular complexity index is 7470. The van der Waals surface area contributed by atoms with Crippen molar-refractivity contribution in [3.8, 4) is 138 Å². The molecule has 0 aliphatic rings. The smallest absolute Gasteiger partial charge is 0.320 e. The first kappa shape index (κ1) is 74.9. The summed E-state index contributed by atoms with van der Waals surface area (Å²) in [5.41, 5.74) is 5.64. The SMILES string of the molecule is COc1nc(-c2ccc3cc4ccccc4cc3c2)nc(-c2ccccc2O)n1.COc1nc(-c2ccccc2O)nc(-c2c3ccccc3cc3ccccc23)n1.COc1nc(-c2ccccc2O)nc(-c2cc3c4ccccc4ccc3c3ccccc23)n1.COc1nc(-c2ccccc2O)nc(-c2cc3ccccc3c3ccccc23)n1. The number of benzene rings is 17.